The van der Waals surface area contributed by atoms with E-state index in [9.17, 15) is 14.7 Å². The number of aliphatic hydroxyl groups is 1. The van der Waals surface area contributed by atoms with Gasteiger partial charge in [0.05, 0.1) is 11.6 Å². The summed E-state index contributed by atoms with van der Waals surface area (Å²) in [6, 6.07) is 24.7. The van der Waals surface area contributed by atoms with Gasteiger partial charge in [0.2, 0.25) is 0 Å². The van der Waals surface area contributed by atoms with Crippen LogP contribution in [0, 0.1) is 0 Å². The molecular formula is C32H26N2O5. The molecule has 7 nitrogen and oxygen atoms in total. The number of ketones is 1. The lowest BCUT2D eigenvalue weighted by atomic mass is 9.94. The van der Waals surface area contributed by atoms with Crippen LogP contribution in [0.3, 0.4) is 0 Å². The van der Waals surface area contributed by atoms with Gasteiger partial charge in [0.1, 0.15) is 29.1 Å². The van der Waals surface area contributed by atoms with E-state index in [0.29, 0.717) is 29.0 Å². The van der Waals surface area contributed by atoms with E-state index in [4.69, 9.17) is 9.47 Å². The van der Waals surface area contributed by atoms with Crippen LogP contribution >= 0.6 is 0 Å². The highest BCUT2D eigenvalue weighted by molar-refractivity contribution is 6.46. The second kappa shape index (κ2) is 10.1. The van der Waals surface area contributed by atoms with Crippen LogP contribution in [0.1, 0.15) is 35.2 Å². The van der Waals surface area contributed by atoms with Crippen LogP contribution in [0.5, 0.6) is 17.2 Å². The monoisotopic (exact) mass is 518 g/mol. The van der Waals surface area contributed by atoms with E-state index in [-0.39, 0.29) is 24.0 Å². The largest absolute Gasteiger partial charge is 0.507 e. The maximum Gasteiger partial charge on any atom is 0.295 e. The van der Waals surface area contributed by atoms with E-state index in [1.54, 1.807) is 36.7 Å². The molecule has 1 aromatic heterocycles. The van der Waals surface area contributed by atoms with E-state index >= 15 is 0 Å². The topological polar surface area (TPSA) is 89.0 Å². The molecule has 39 heavy (non-hydrogen) atoms. The molecule has 4 aromatic rings. The lowest BCUT2D eigenvalue weighted by molar-refractivity contribution is -0.140. The minimum absolute atomic E-state index is 0.0349. The van der Waals surface area contributed by atoms with Crippen molar-refractivity contribution in [2.45, 2.75) is 32.0 Å². The fourth-order valence-corrected chi connectivity index (χ4v) is 5.18. The van der Waals surface area contributed by atoms with Crippen LogP contribution in [-0.4, -0.2) is 32.8 Å². The highest BCUT2D eigenvalue weighted by atomic mass is 16.5. The molecule has 2 aliphatic rings. The summed E-state index contributed by atoms with van der Waals surface area (Å²) in [5.74, 6) is 0.337. The fourth-order valence-electron chi connectivity index (χ4n) is 5.18. The fraction of sp³-hybridized carbons (Fsp3) is 0.156. The van der Waals surface area contributed by atoms with E-state index < -0.39 is 17.7 Å². The van der Waals surface area contributed by atoms with Gasteiger partial charge in [-0.25, -0.2) is 0 Å². The van der Waals surface area contributed by atoms with Crippen LogP contribution in [0.15, 0.2) is 103 Å². The number of fused-ring (bicyclic) bond motifs is 1. The molecule has 0 spiro atoms. The predicted molar refractivity (Wildman–Crippen MR) is 145 cm³/mol. The van der Waals surface area contributed by atoms with Crippen molar-refractivity contribution in [1.29, 1.82) is 0 Å². The number of aliphatic hydroxyl groups excluding tert-OH is 1. The molecule has 7 heteroatoms. The number of carbonyl (C=O) groups excluding carboxylic acids is 2. The summed E-state index contributed by atoms with van der Waals surface area (Å²) in [5.41, 5.74) is 2.86. The minimum atomic E-state index is -0.826. The van der Waals surface area contributed by atoms with Crippen molar-refractivity contribution < 1.29 is 24.2 Å². The molecule has 1 amide bonds. The molecular weight excluding hydrogens is 492 g/mol. The first-order chi connectivity index (χ1) is 19.0. The Morgan fingerprint density at radius 1 is 1.00 bits per heavy atom. The normalized spacial score (nSPS) is 19.6. The maximum atomic E-state index is 13.5. The number of aromatic nitrogens is 1. The molecule has 194 valence electrons. The number of carbonyl (C=O) groups is 2. The SMILES string of the molecule is CC1Cc2cc(/C(O)=C3\C(=O)C(=O)N(Cc4cccnc4)C3c3cccc(Oc4ccccc4)c3)ccc2O1. The lowest BCUT2D eigenvalue weighted by Crippen LogP contribution is -2.29. The Balaban J connectivity index is 1.45. The summed E-state index contributed by atoms with van der Waals surface area (Å²) in [4.78, 5) is 32.5. The number of benzene rings is 3. The standard InChI is InChI=1S/C32H26N2O5/c1-20-15-24-16-23(12-13-27(24)38-20)30(35)28-29(34(32(37)31(28)36)19-21-7-6-14-33-18-21)22-8-5-11-26(17-22)39-25-9-3-2-4-10-25/h2-14,16-18,20,29,35H,15,19H2,1H3/b30-28+. The number of para-hydroxylation sites is 1. The number of hydrogen-bond acceptors (Lipinski definition) is 6. The molecule has 1 N–H and O–H groups in total. The average Bonchev–Trinajstić information content (AvgIpc) is 3.45. The zero-order chi connectivity index (χ0) is 26.9. The van der Waals surface area contributed by atoms with Gasteiger partial charge in [0, 0.05) is 30.9 Å². The van der Waals surface area contributed by atoms with Crippen molar-refractivity contribution in [3.8, 4) is 17.2 Å². The summed E-state index contributed by atoms with van der Waals surface area (Å²) >= 11 is 0. The van der Waals surface area contributed by atoms with Crippen molar-refractivity contribution in [1.82, 2.24) is 9.88 Å². The summed E-state index contributed by atoms with van der Waals surface area (Å²) in [7, 11) is 0. The Labute approximate surface area is 226 Å². The average molecular weight is 519 g/mol. The van der Waals surface area contributed by atoms with Crippen molar-refractivity contribution in [2.24, 2.45) is 0 Å². The van der Waals surface area contributed by atoms with Crippen molar-refractivity contribution in [3.05, 3.63) is 125 Å². The summed E-state index contributed by atoms with van der Waals surface area (Å²) < 4.78 is 11.8. The Bertz CT molecular complexity index is 1580. The van der Waals surface area contributed by atoms with Crippen LogP contribution < -0.4 is 9.47 Å². The first kappa shape index (κ1) is 24.4. The van der Waals surface area contributed by atoms with Gasteiger partial charge in [0.15, 0.2) is 0 Å². The van der Waals surface area contributed by atoms with Crippen molar-refractivity contribution in [3.63, 3.8) is 0 Å². The number of rotatable bonds is 6. The van der Waals surface area contributed by atoms with Gasteiger partial charge in [-0.1, -0.05) is 36.4 Å². The molecule has 0 bridgehead atoms. The summed E-state index contributed by atoms with van der Waals surface area (Å²) in [6.07, 6.45) is 4.05. The second-order valence-electron chi connectivity index (χ2n) is 9.73. The quantitative estimate of drug-likeness (QED) is 0.197. The first-order valence-corrected chi connectivity index (χ1v) is 12.8. The van der Waals surface area contributed by atoms with E-state index in [0.717, 1.165) is 16.9 Å². The molecule has 2 aliphatic heterocycles. The van der Waals surface area contributed by atoms with E-state index in [1.165, 1.54) is 4.90 Å². The zero-order valence-corrected chi connectivity index (χ0v) is 21.3. The number of amides is 1. The predicted octanol–water partition coefficient (Wildman–Crippen LogP) is 5.82. The van der Waals surface area contributed by atoms with Crippen LogP contribution in [0.25, 0.3) is 5.76 Å². The van der Waals surface area contributed by atoms with Crippen molar-refractivity contribution >= 4 is 17.4 Å². The molecule has 1 saturated heterocycles. The molecule has 3 heterocycles. The number of ether oxygens (including phenoxy) is 2. The van der Waals surface area contributed by atoms with Gasteiger partial charge in [-0.05, 0) is 72.1 Å². The van der Waals surface area contributed by atoms with Crippen LogP contribution in [-0.2, 0) is 22.6 Å². The van der Waals surface area contributed by atoms with Gasteiger partial charge in [-0.2, -0.15) is 0 Å². The smallest absolute Gasteiger partial charge is 0.295 e. The highest BCUT2D eigenvalue weighted by Crippen LogP contribution is 2.42. The number of nitrogens with zero attached hydrogens (tertiary/aromatic N) is 2. The van der Waals surface area contributed by atoms with Crippen LogP contribution in [0.4, 0.5) is 0 Å². The number of hydrogen-bond donors (Lipinski definition) is 1. The first-order valence-electron chi connectivity index (χ1n) is 12.8. The van der Waals surface area contributed by atoms with Gasteiger partial charge in [-0.15, -0.1) is 0 Å². The maximum absolute atomic E-state index is 13.5. The van der Waals surface area contributed by atoms with Gasteiger partial charge < -0.3 is 19.5 Å². The van der Waals surface area contributed by atoms with Gasteiger partial charge in [-0.3, -0.25) is 14.6 Å². The highest BCUT2D eigenvalue weighted by Gasteiger charge is 2.46. The molecule has 6 rings (SSSR count). The zero-order valence-electron chi connectivity index (χ0n) is 21.3. The Morgan fingerprint density at radius 2 is 1.82 bits per heavy atom. The third-order valence-electron chi connectivity index (χ3n) is 6.94. The number of pyridine rings is 1. The number of Topliss-reactive ketones (excluding diaryl/α,β-unsaturated/α-hetero) is 1. The van der Waals surface area contributed by atoms with E-state index in [1.807, 2.05) is 67.6 Å². The molecule has 2 unspecified atom stereocenters. The molecule has 3 aromatic carbocycles. The van der Waals surface area contributed by atoms with Crippen LogP contribution in [0.2, 0.25) is 0 Å². The third kappa shape index (κ3) is 4.75. The van der Waals surface area contributed by atoms with E-state index in [2.05, 4.69) is 4.98 Å². The van der Waals surface area contributed by atoms with Gasteiger partial charge >= 0.3 is 0 Å². The molecule has 1 fully saturated rings. The summed E-state index contributed by atoms with van der Waals surface area (Å²) in [5, 5.41) is 11.5. The number of likely N-dealkylation sites (tertiary alicyclic amines) is 1. The Kier molecular flexibility index (Phi) is 6.32. The molecule has 2 atom stereocenters. The molecule has 0 aliphatic carbocycles. The second-order valence-corrected chi connectivity index (χ2v) is 9.73. The molecule has 0 radical (unpaired) electrons. The molecule has 0 saturated carbocycles. The third-order valence-corrected chi connectivity index (χ3v) is 6.94. The lowest BCUT2D eigenvalue weighted by Gasteiger charge is -2.25. The Hall–Kier alpha value is -4.91. The summed E-state index contributed by atoms with van der Waals surface area (Å²) in [6.45, 7) is 2.13. The van der Waals surface area contributed by atoms with Gasteiger partial charge in [0.25, 0.3) is 11.7 Å². The minimum Gasteiger partial charge on any atom is -0.507 e. The Morgan fingerprint density at radius 3 is 2.62 bits per heavy atom. The van der Waals surface area contributed by atoms with Crippen molar-refractivity contribution in [2.75, 3.05) is 0 Å².